The molecule has 0 bridgehead atoms. The van der Waals surface area contributed by atoms with Crippen LogP contribution in [0.5, 0.6) is 0 Å². The van der Waals surface area contributed by atoms with Crippen LogP contribution in [0.4, 0.5) is 9.59 Å². The van der Waals surface area contributed by atoms with Crippen molar-refractivity contribution in [3.63, 3.8) is 0 Å². The normalized spacial score (nSPS) is 4.67. The molecule has 2 N–H and O–H groups in total. The van der Waals surface area contributed by atoms with E-state index in [0.717, 1.165) is 0 Å². The van der Waals surface area contributed by atoms with Crippen molar-refractivity contribution in [2.75, 3.05) is 0 Å². The summed E-state index contributed by atoms with van der Waals surface area (Å²) in [5.74, 6) is 0. The molecule has 0 spiro atoms. The number of hydrogen-bond donors (Lipinski definition) is 2. The first-order valence-corrected chi connectivity index (χ1v) is 1.67. The van der Waals surface area contributed by atoms with Crippen LogP contribution in [0, 0.1) is 0 Å². The maximum absolute atomic E-state index is 8.44. The molecule has 0 heterocycles. The van der Waals surface area contributed by atoms with E-state index in [0.29, 0.717) is 0 Å². The van der Waals surface area contributed by atoms with Gasteiger partial charge in [-0.15, -0.1) is 0 Å². The Balaban J connectivity index is -0.0000000389. The third kappa shape index (κ3) is 913. The van der Waals surface area contributed by atoms with Crippen molar-refractivity contribution in [3.05, 3.63) is 0 Å². The average Bonchev–Trinajstić information content (AvgIpc) is 1.60. The van der Waals surface area contributed by atoms with Crippen LogP contribution < -0.4 is 10.2 Å². The number of rotatable bonds is 0. The standard InChI is InChI=1S/2CH2O3.CO2.Ca/c2*2-1(3)4;2-1-3;/h2*(H2,2,3,4);;/q;;;+2/p-2. The Morgan fingerprint density at radius 2 is 1.00 bits per heavy atom. The Morgan fingerprint density at radius 1 is 1.00 bits per heavy atom. The predicted molar refractivity (Wildman–Crippen MR) is 26.8 cm³/mol. The van der Waals surface area contributed by atoms with Crippen LogP contribution in [-0.2, 0) is 9.59 Å². The van der Waals surface area contributed by atoms with E-state index in [1.54, 1.807) is 0 Å². The van der Waals surface area contributed by atoms with E-state index in [2.05, 4.69) is 0 Å². The van der Waals surface area contributed by atoms with Crippen LogP contribution in [0.25, 0.3) is 0 Å². The van der Waals surface area contributed by atoms with Gasteiger partial charge in [0.15, 0.2) is 0 Å². The van der Waals surface area contributed by atoms with Crippen molar-refractivity contribution in [2.45, 2.75) is 0 Å². The SMILES string of the molecule is O=C([O-])O.O=C([O-])O.O=C=O.[Ca+2]. The second-order valence-electron chi connectivity index (χ2n) is 0.615. The van der Waals surface area contributed by atoms with E-state index in [1.807, 2.05) is 0 Å². The van der Waals surface area contributed by atoms with Gasteiger partial charge >= 0.3 is 43.9 Å². The zero-order valence-corrected chi connectivity index (χ0v) is 7.76. The molecule has 0 aliphatic carbocycles. The summed E-state index contributed by atoms with van der Waals surface area (Å²) in [4.78, 5) is 33.1. The quantitative estimate of drug-likeness (QED) is 0.392. The maximum atomic E-state index is 8.44. The van der Waals surface area contributed by atoms with Crippen molar-refractivity contribution in [1.29, 1.82) is 0 Å². The smallest absolute Gasteiger partial charge is 0.565 e. The molecule has 64 valence electrons. The van der Waals surface area contributed by atoms with E-state index in [1.165, 1.54) is 0 Å². The molecule has 9 heteroatoms. The Morgan fingerprint density at radius 3 is 1.00 bits per heavy atom. The first-order valence-electron chi connectivity index (χ1n) is 1.67. The minimum absolute atomic E-state index is 0. The number of hydrogen-bond acceptors (Lipinski definition) is 6. The first-order chi connectivity index (χ1) is 4.88. The van der Waals surface area contributed by atoms with Gasteiger partial charge in [0.25, 0.3) is 0 Å². The van der Waals surface area contributed by atoms with Gasteiger partial charge in [0.1, 0.15) is 0 Å². The molecule has 12 heavy (non-hydrogen) atoms. The summed E-state index contributed by atoms with van der Waals surface area (Å²) in [5, 5.41) is 30.6. The molecule has 0 aromatic carbocycles. The fourth-order valence-electron chi connectivity index (χ4n) is 0. The Hall–Kier alpha value is -0.820. The fraction of sp³-hybridized carbons (Fsp3) is 0. The molecule has 0 unspecified atom stereocenters. The van der Waals surface area contributed by atoms with Gasteiger partial charge in [0.05, 0.1) is 0 Å². The second kappa shape index (κ2) is 22.5. The van der Waals surface area contributed by atoms with Gasteiger partial charge in [0.2, 0.25) is 12.3 Å². The minimum atomic E-state index is -2.08. The molecule has 0 fully saturated rings. The fourth-order valence-corrected chi connectivity index (χ4v) is 0. The summed E-state index contributed by atoms with van der Waals surface area (Å²) in [6.07, 6.45) is -3.92. The number of carbonyl (C=O) groups excluding carboxylic acids is 2. The number of carbonyl (C=O) groups is 2. The van der Waals surface area contributed by atoms with E-state index >= 15 is 0 Å². The van der Waals surface area contributed by atoms with Crippen molar-refractivity contribution in [2.24, 2.45) is 0 Å². The van der Waals surface area contributed by atoms with Gasteiger partial charge in [-0.2, -0.15) is 9.59 Å². The molecule has 0 atom stereocenters. The Bertz CT molecular complexity index is 126. The van der Waals surface area contributed by atoms with Crippen LogP contribution in [0.3, 0.4) is 0 Å². The predicted octanol–water partition coefficient (Wildman–Crippen LogP) is -3.19. The zero-order valence-electron chi connectivity index (χ0n) is 5.55. The zero-order chi connectivity index (χ0) is 9.86. The summed E-state index contributed by atoms with van der Waals surface area (Å²) < 4.78 is 0. The molecular formula is C3H2CaO8. The summed E-state index contributed by atoms with van der Waals surface area (Å²) in [6.45, 7) is 0. The largest absolute Gasteiger partial charge is 2.00 e. The van der Waals surface area contributed by atoms with Crippen molar-refractivity contribution in [1.82, 2.24) is 0 Å². The molecule has 0 radical (unpaired) electrons. The molecule has 8 nitrogen and oxygen atoms in total. The third-order valence-corrected chi connectivity index (χ3v) is 0. The molecule has 0 aliphatic heterocycles. The summed E-state index contributed by atoms with van der Waals surface area (Å²) in [5.41, 5.74) is 0. The Kier molecular flexibility index (Phi) is 42.1. The molecule has 0 saturated heterocycles. The van der Waals surface area contributed by atoms with Crippen LogP contribution in [-0.4, -0.2) is 66.4 Å². The molecule has 0 amide bonds. The summed E-state index contributed by atoms with van der Waals surface area (Å²) in [6, 6.07) is 0. The molecule has 0 aliphatic rings. The van der Waals surface area contributed by atoms with E-state index in [-0.39, 0.29) is 43.9 Å². The van der Waals surface area contributed by atoms with Gasteiger partial charge < -0.3 is 30.0 Å². The number of carboxylic acid groups (broad SMARTS) is 4. The Labute approximate surface area is 95.4 Å². The van der Waals surface area contributed by atoms with Crippen molar-refractivity contribution < 1.29 is 39.6 Å². The van der Waals surface area contributed by atoms with E-state index in [4.69, 9.17) is 39.6 Å². The minimum Gasteiger partial charge on any atom is -0.565 e. The van der Waals surface area contributed by atoms with E-state index < -0.39 is 12.3 Å². The van der Waals surface area contributed by atoms with Crippen LogP contribution >= 0.6 is 0 Å². The first kappa shape index (κ1) is 22.5. The van der Waals surface area contributed by atoms with Crippen molar-refractivity contribution in [3.8, 4) is 0 Å². The monoisotopic (exact) mass is 206 g/mol. The maximum Gasteiger partial charge on any atom is 2.00 e. The average molecular weight is 206 g/mol. The second-order valence-corrected chi connectivity index (χ2v) is 0.615. The van der Waals surface area contributed by atoms with Crippen LogP contribution in [0.15, 0.2) is 0 Å². The van der Waals surface area contributed by atoms with Gasteiger partial charge in [0, 0.05) is 0 Å². The van der Waals surface area contributed by atoms with Crippen molar-refractivity contribution >= 4 is 56.2 Å². The van der Waals surface area contributed by atoms with Gasteiger partial charge in [-0.1, -0.05) is 0 Å². The molecule has 0 aromatic rings. The topological polar surface area (TPSA) is 155 Å². The van der Waals surface area contributed by atoms with Crippen LogP contribution in [0.1, 0.15) is 0 Å². The van der Waals surface area contributed by atoms with Gasteiger partial charge in [-0.05, 0) is 0 Å². The molecule has 0 saturated carbocycles. The molecule has 0 aromatic heterocycles. The molecule has 0 rings (SSSR count). The van der Waals surface area contributed by atoms with E-state index in [9.17, 15) is 0 Å². The van der Waals surface area contributed by atoms with Gasteiger partial charge in [-0.3, -0.25) is 0 Å². The summed E-state index contributed by atoms with van der Waals surface area (Å²) >= 11 is 0. The molecular weight excluding hydrogens is 204 g/mol. The summed E-state index contributed by atoms with van der Waals surface area (Å²) in [7, 11) is 0. The van der Waals surface area contributed by atoms with Crippen LogP contribution in [0.2, 0.25) is 0 Å². The third-order valence-electron chi connectivity index (χ3n) is 0. The van der Waals surface area contributed by atoms with Gasteiger partial charge in [-0.25, -0.2) is 0 Å².